The fourth-order valence-corrected chi connectivity index (χ4v) is 1.67. The van der Waals surface area contributed by atoms with Crippen LogP contribution in [0.15, 0.2) is 28.7 Å². The Kier molecular flexibility index (Phi) is 6.93. The van der Waals surface area contributed by atoms with Crippen LogP contribution in [-0.4, -0.2) is 32.9 Å². The SMILES string of the molecule is CCOC(=O)C(OCCOC)c1ccc(Br)cc1. The van der Waals surface area contributed by atoms with E-state index < -0.39 is 6.10 Å². The molecule has 0 fully saturated rings. The van der Waals surface area contributed by atoms with Crippen LogP contribution < -0.4 is 0 Å². The Bertz CT molecular complexity index is 364. The van der Waals surface area contributed by atoms with E-state index in [1.807, 2.05) is 24.3 Å². The number of esters is 1. The highest BCUT2D eigenvalue weighted by Gasteiger charge is 2.22. The van der Waals surface area contributed by atoms with Crippen molar-refractivity contribution >= 4 is 21.9 Å². The number of rotatable bonds is 7. The summed E-state index contributed by atoms with van der Waals surface area (Å²) in [6, 6.07) is 7.39. The first-order chi connectivity index (χ1) is 8.69. The molecule has 0 N–H and O–H groups in total. The van der Waals surface area contributed by atoms with Gasteiger partial charge in [-0.05, 0) is 24.6 Å². The van der Waals surface area contributed by atoms with Crippen molar-refractivity contribution in [1.29, 1.82) is 0 Å². The smallest absolute Gasteiger partial charge is 0.339 e. The first kappa shape index (κ1) is 15.1. The van der Waals surface area contributed by atoms with E-state index in [0.29, 0.717) is 19.8 Å². The van der Waals surface area contributed by atoms with Crippen molar-refractivity contribution in [3.63, 3.8) is 0 Å². The lowest BCUT2D eigenvalue weighted by molar-refractivity contribution is -0.158. The number of benzene rings is 1. The molecule has 1 atom stereocenters. The molecule has 0 aliphatic rings. The molecule has 0 aliphatic heterocycles. The second-order valence-electron chi connectivity index (χ2n) is 3.55. The second kappa shape index (κ2) is 8.24. The van der Waals surface area contributed by atoms with Crippen LogP contribution in [0.4, 0.5) is 0 Å². The summed E-state index contributed by atoms with van der Waals surface area (Å²) in [6.07, 6.45) is -0.701. The third-order valence-electron chi connectivity index (χ3n) is 2.25. The molecule has 1 rings (SSSR count). The van der Waals surface area contributed by atoms with E-state index in [2.05, 4.69) is 15.9 Å². The Morgan fingerprint density at radius 3 is 2.50 bits per heavy atom. The van der Waals surface area contributed by atoms with Crippen LogP contribution in [0.5, 0.6) is 0 Å². The number of hydrogen-bond acceptors (Lipinski definition) is 4. The van der Waals surface area contributed by atoms with Crippen molar-refractivity contribution < 1.29 is 19.0 Å². The number of methoxy groups -OCH3 is 1. The first-order valence-corrected chi connectivity index (χ1v) is 6.51. The van der Waals surface area contributed by atoms with Gasteiger partial charge in [0.15, 0.2) is 6.10 Å². The molecular weight excluding hydrogens is 300 g/mol. The van der Waals surface area contributed by atoms with E-state index in [9.17, 15) is 4.79 Å². The van der Waals surface area contributed by atoms with Gasteiger partial charge < -0.3 is 14.2 Å². The largest absolute Gasteiger partial charge is 0.464 e. The van der Waals surface area contributed by atoms with E-state index in [4.69, 9.17) is 14.2 Å². The second-order valence-corrected chi connectivity index (χ2v) is 4.46. The van der Waals surface area contributed by atoms with Gasteiger partial charge in [-0.15, -0.1) is 0 Å². The molecule has 0 aliphatic carbocycles. The Hall–Kier alpha value is -0.910. The molecule has 0 saturated carbocycles. The molecule has 4 nitrogen and oxygen atoms in total. The molecule has 0 bridgehead atoms. The maximum absolute atomic E-state index is 11.8. The molecule has 1 unspecified atom stereocenters. The van der Waals surface area contributed by atoms with Crippen LogP contribution >= 0.6 is 15.9 Å². The Morgan fingerprint density at radius 1 is 1.28 bits per heavy atom. The lowest BCUT2D eigenvalue weighted by atomic mass is 10.1. The fraction of sp³-hybridized carbons (Fsp3) is 0.462. The van der Waals surface area contributed by atoms with Gasteiger partial charge >= 0.3 is 5.97 Å². The molecule has 0 spiro atoms. The standard InChI is InChI=1S/C13H17BrO4/c1-3-17-13(15)12(18-9-8-16-2)10-4-6-11(14)7-5-10/h4-7,12H,3,8-9H2,1-2H3. The Morgan fingerprint density at radius 2 is 1.94 bits per heavy atom. The van der Waals surface area contributed by atoms with E-state index in [0.717, 1.165) is 10.0 Å². The van der Waals surface area contributed by atoms with E-state index >= 15 is 0 Å². The molecule has 0 saturated heterocycles. The predicted octanol–water partition coefficient (Wildman–Crippen LogP) is 2.72. The summed E-state index contributed by atoms with van der Waals surface area (Å²) in [5.74, 6) is -0.379. The zero-order valence-electron chi connectivity index (χ0n) is 10.5. The third kappa shape index (κ3) is 4.76. The van der Waals surface area contributed by atoms with E-state index in [1.54, 1.807) is 14.0 Å². The monoisotopic (exact) mass is 316 g/mol. The number of halogens is 1. The van der Waals surface area contributed by atoms with Crippen LogP contribution in [0.1, 0.15) is 18.6 Å². The predicted molar refractivity (Wildman–Crippen MR) is 71.3 cm³/mol. The van der Waals surface area contributed by atoms with Gasteiger partial charge in [0, 0.05) is 11.6 Å². The quantitative estimate of drug-likeness (QED) is 0.573. The number of hydrogen-bond donors (Lipinski definition) is 0. The maximum Gasteiger partial charge on any atom is 0.339 e. The molecule has 100 valence electrons. The van der Waals surface area contributed by atoms with Gasteiger partial charge in [0.05, 0.1) is 19.8 Å². The van der Waals surface area contributed by atoms with Gasteiger partial charge in [-0.2, -0.15) is 0 Å². The van der Waals surface area contributed by atoms with Crippen molar-refractivity contribution in [2.75, 3.05) is 26.9 Å². The van der Waals surface area contributed by atoms with Gasteiger partial charge in [0.2, 0.25) is 0 Å². The van der Waals surface area contributed by atoms with Gasteiger partial charge in [0.25, 0.3) is 0 Å². The third-order valence-corrected chi connectivity index (χ3v) is 2.77. The van der Waals surface area contributed by atoms with Crippen LogP contribution in [0.2, 0.25) is 0 Å². The van der Waals surface area contributed by atoms with Gasteiger partial charge in [-0.1, -0.05) is 28.1 Å². The number of ether oxygens (including phenoxy) is 3. The van der Waals surface area contributed by atoms with Crippen LogP contribution in [0.3, 0.4) is 0 Å². The molecule has 5 heteroatoms. The lowest BCUT2D eigenvalue weighted by Gasteiger charge is -2.16. The van der Waals surface area contributed by atoms with E-state index in [-0.39, 0.29) is 5.97 Å². The summed E-state index contributed by atoms with van der Waals surface area (Å²) < 4.78 is 16.4. The molecule has 18 heavy (non-hydrogen) atoms. The summed E-state index contributed by atoms with van der Waals surface area (Å²) in [6.45, 7) is 2.88. The zero-order valence-corrected chi connectivity index (χ0v) is 12.1. The van der Waals surface area contributed by atoms with Crippen molar-refractivity contribution in [2.45, 2.75) is 13.0 Å². The van der Waals surface area contributed by atoms with E-state index in [1.165, 1.54) is 0 Å². The molecule has 1 aromatic rings. The maximum atomic E-state index is 11.8. The normalized spacial score (nSPS) is 12.2. The summed E-state index contributed by atoms with van der Waals surface area (Å²) in [5.41, 5.74) is 0.771. The summed E-state index contributed by atoms with van der Waals surface area (Å²) in [4.78, 5) is 11.8. The molecular formula is C13H17BrO4. The van der Waals surface area contributed by atoms with Crippen LogP contribution in [0.25, 0.3) is 0 Å². The highest BCUT2D eigenvalue weighted by Crippen LogP contribution is 2.21. The average Bonchev–Trinajstić information content (AvgIpc) is 2.36. The Balaban J connectivity index is 2.75. The highest BCUT2D eigenvalue weighted by molar-refractivity contribution is 9.10. The molecule has 0 aromatic heterocycles. The summed E-state index contributed by atoms with van der Waals surface area (Å²) >= 11 is 3.35. The number of carbonyl (C=O) groups is 1. The average molecular weight is 317 g/mol. The lowest BCUT2D eigenvalue weighted by Crippen LogP contribution is -2.20. The van der Waals surface area contributed by atoms with Crippen molar-refractivity contribution in [2.24, 2.45) is 0 Å². The summed E-state index contributed by atoms with van der Waals surface area (Å²) in [7, 11) is 1.59. The molecule has 0 radical (unpaired) electrons. The van der Waals surface area contributed by atoms with Gasteiger partial charge in [-0.25, -0.2) is 4.79 Å². The molecule has 1 aromatic carbocycles. The number of carbonyl (C=O) groups excluding carboxylic acids is 1. The minimum Gasteiger partial charge on any atom is -0.464 e. The fourth-order valence-electron chi connectivity index (χ4n) is 1.41. The molecule has 0 heterocycles. The minimum atomic E-state index is -0.701. The van der Waals surface area contributed by atoms with Crippen molar-refractivity contribution in [1.82, 2.24) is 0 Å². The molecule has 0 amide bonds. The van der Waals surface area contributed by atoms with Crippen molar-refractivity contribution in [3.05, 3.63) is 34.3 Å². The highest BCUT2D eigenvalue weighted by atomic mass is 79.9. The minimum absolute atomic E-state index is 0.333. The topological polar surface area (TPSA) is 44.8 Å². The Labute approximate surface area is 115 Å². The van der Waals surface area contributed by atoms with Crippen LogP contribution in [-0.2, 0) is 19.0 Å². The van der Waals surface area contributed by atoms with Gasteiger partial charge in [0.1, 0.15) is 0 Å². The van der Waals surface area contributed by atoms with Crippen molar-refractivity contribution in [3.8, 4) is 0 Å². The van der Waals surface area contributed by atoms with Gasteiger partial charge in [-0.3, -0.25) is 0 Å². The zero-order chi connectivity index (χ0) is 13.4. The first-order valence-electron chi connectivity index (χ1n) is 5.71. The summed E-state index contributed by atoms with van der Waals surface area (Å²) in [5, 5.41) is 0. The van der Waals surface area contributed by atoms with Crippen LogP contribution in [0, 0.1) is 0 Å².